The van der Waals surface area contributed by atoms with Gasteiger partial charge in [-0.25, -0.2) is 4.98 Å². The zero-order valence-electron chi connectivity index (χ0n) is 16.9. The zero-order valence-corrected chi connectivity index (χ0v) is 19.3. The number of benzene rings is 1. The highest BCUT2D eigenvalue weighted by atomic mass is 127. The van der Waals surface area contributed by atoms with Crippen LogP contribution in [0.1, 0.15) is 29.2 Å². The molecule has 1 fully saturated rings. The van der Waals surface area contributed by atoms with Crippen LogP contribution < -0.4 is 10.2 Å². The van der Waals surface area contributed by atoms with E-state index in [4.69, 9.17) is 0 Å². The van der Waals surface area contributed by atoms with Crippen LogP contribution in [0, 0.1) is 6.92 Å². The summed E-state index contributed by atoms with van der Waals surface area (Å²) < 4.78 is 2.11. The standard InChI is InChI=1S/C20H30N6.HI/c1-15-8-6-7-9-18(15)16-10-11-26(14-16)19(21-2)22-12-17-13-23-20(24(3)4)25(17)5;/h6-9,13,16H,10-12,14H2,1-5H3,(H,21,22);1H. The van der Waals surface area contributed by atoms with Crippen molar-refractivity contribution in [2.45, 2.75) is 25.8 Å². The Balaban J connectivity index is 0.00000261. The molecule has 1 N–H and O–H groups in total. The summed E-state index contributed by atoms with van der Waals surface area (Å²) in [6, 6.07) is 8.72. The maximum absolute atomic E-state index is 4.50. The van der Waals surface area contributed by atoms with Gasteiger partial charge in [-0.1, -0.05) is 24.3 Å². The first kappa shape index (κ1) is 21.5. The number of halogens is 1. The molecule has 0 bridgehead atoms. The van der Waals surface area contributed by atoms with Crippen molar-refractivity contribution in [1.82, 2.24) is 19.8 Å². The van der Waals surface area contributed by atoms with Crippen LogP contribution in [0.4, 0.5) is 5.95 Å². The van der Waals surface area contributed by atoms with Crippen LogP contribution in [0.2, 0.25) is 0 Å². The fourth-order valence-corrected chi connectivity index (χ4v) is 3.77. The lowest BCUT2D eigenvalue weighted by molar-refractivity contribution is 0.484. The van der Waals surface area contributed by atoms with E-state index in [2.05, 4.69) is 55.9 Å². The third kappa shape index (κ3) is 4.75. The minimum atomic E-state index is 0. The fraction of sp³-hybridized carbons (Fsp3) is 0.500. The summed E-state index contributed by atoms with van der Waals surface area (Å²) in [5, 5.41) is 3.50. The van der Waals surface area contributed by atoms with Gasteiger partial charge in [0.25, 0.3) is 0 Å². The molecule has 1 unspecified atom stereocenters. The fourth-order valence-electron chi connectivity index (χ4n) is 3.77. The van der Waals surface area contributed by atoms with Gasteiger partial charge in [-0.3, -0.25) is 4.99 Å². The van der Waals surface area contributed by atoms with E-state index in [1.807, 2.05) is 39.3 Å². The number of aryl methyl sites for hydroxylation is 1. The van der Waals surface area contributed by atoms with Crippen LogP contribution >= 0.6 is 24.0 Å². The molecule has 27 heavy (non-hydrogen) atoms. The van der Waals surface area contributed by atoms with E-state index in [1.54, 1.807) is 0 Å². The van der Waals surface area contributed by atoms with Crippen molar-refractivity contribution in [3.8, 4) is 0 Å². The lowest BCUT2D eigenvalue weighted by Gasteiger charge is -2.22. The number of rotatable bonds is 4. The highest BCUT2D eigenvalue weighted by Gasteiger charge is 2.26. The van der Waals surface area contributed by atoms with Crippen LogP contribution in [-0.4, -0.2) is 54.6 Å². The number of hydrogen-bond acceptors (Lipinski definition) is 3. The molecule has 0 spiro atoms. The quantitative estimate of drug-likeness (QED) is 0.414. The largest absolute Gasteiger partial charge is 0.351 e. The number of hydrogen-bond donors (Lipinski definition) is 1. The molecule has 6 nitrogen and oxygen atoms in total. The molecule has 1 atom stereocenters. The summed E-state index contributed by atoms with van der Waals surface area (Å²) in [5.74, 6) is 2.50. The maximum atomic E-state index is 4.50. The van der Waals surface area contributed by atoms with Gasteiger partial charge in [0.15, 0.2) is 5.96 Å². The molecule has 7 heteroatoms. The lowest BCUT2D eigenvalue weighted by Crippen LogP contribution is -2.39. The molecule has 0 radical (unpaired) electrons. The molecule has 1 aromatic heterocycles. The normalized spacial score (nSPS) is 17.0. The average Bonchev–Trinajstić information content (AvgIpc) is 3.23. The van der Waals surface area contributed by atoms with Crippen LogP contribution in [-0.2, 0) is 13.6 Å². The Labute approximate surface area is 179 Å². The van der Waals surface area contributed by atoms with E-state index in [0.29, 0.717) is 5.92 Å². The molecular formula is C20H31IN6. The van der Waals surface area contributed by atoms with Gasteiger partial charge in [0.05, 0.1) is 18.4 Å². The van der Waals surface area contributed by atoms with Crippen LogP contribution in [0.15, 0.2) is 35.5 Å². The predicted octanol–water partition coefficient (Wildman–Crippen LogP) is 2.98. The van der Waals surface area contributed by atoms with E-state index in [0.717, 1.165) is 37.2 Å². The molecule has 1 saturated heterocycles. The molecule has 0 saturated carbocycles. The Morgan fingerprint density at radius 1 is 1.33 bits per heavy atom. The van der Waals surface area contributed by atoms with Crippen molar-refractivity contribution >= 4 is 35.9 Å². The number of anilines is 1. The number of aromatic nitrogens is 2. The van der Waals surface area contributed by atoms with E-state index in [-0.39, 0.29) is 24.0 Å². The lowest BCUT2D eigenvalue weighted by atomic mass is 9.94. The van der Waals surface area contributed by atoms with Gasteiger partial charge in [-0.05, 0) is 24.5 Å². The second-order valence-electron chi connectivity index (χ2n) is 7.19. The van der Waals surface area contributed by atoms with Gasteiger partial charge in [0, 0.05) is 47.2 Å². The second kappa shape index (κ2) is 9.43. The van der Waals surface area contributed by atoms with Crippen molar-refractivity contribution in [2.24, 2.45) is 12.0 Å². The van der Waals surface area contributed by atoms with Gasteiger partial charge in [0.2, 0.25) is 5.95 Å². The molecule has 1 aliphatic rings. The number of nitrogens with one attached hydrogen (secondary N) is 1. The Morgan fingerprint density at radius 3 is 2.70 bits per heavy atom. The highest BCUT2D eigenvalue weighted by molar-refractivity contribution is 14.0. The SMILES string of the molecule is CN=C(NCc1cnc(N(C)C)n1C)N1CCC(c2ccccc2C)C1.I. The zero-order chi connectivity index (χ0) is 18.7. The van der Waals surface area contributed by atoms with Gasteiger partial charge in [0.1, 0.15) is 0 Å². The van der Waals surface area contributed by atoms with Crippen molar-refractivity contribution < 1.29 is 0 Å². The summed E-state index contributed by atoms with van der Waals surface area (Å²) in [6.45, 7) is 4.97. The van der Waals surface area contributed by atoms with Crippen LogP contribution in [0.25, 0.3) is 0 Å². The van der Waals surface area contributed by atoms with Gasteiger partial charge < -0.3 is 19.7 Å². The smallest absolute Gasteiger partial charge is 0.204 e. The monoisotopic (exact) mass is 482 g/mol. The first-order valence-corrected chi connectivity index (χ1v) is 9.20. The van der Waals surface area contributed by atoms with E-state index in [9.17, 15) is 0 Å². The average molecular weight is 482 g/mol. The minimum absolute atomic E-state index is 0. The van der Waals surface area contributed by atoms with E-state index in [1.165, 1.54) is 17.5 Å². The molecule has 0 amide bonds. The third-order valence-electron chi connectivity index (χ3n) is 5.22. The minimum Gasteiger partial charge on any atom is -0.351 e. The number of likely N-dealkylation sites (tertiary alicyclic amines) is 1. The van der Waals surface area contributed by atoms with Crippen LogP contribution in [0.3, 0.4) is 0 Å². The summed E-state index contributed by atoms with van der Waals surface area (Å²) >= 11 is 0. The molecule has 148 valence electrons. The van der Waals surface area contributed by atoms with Crippen molar-refractivity contribution in [1.29, 1.82) is 0 Å². The number of guanidine groups is 1. The first-order chi connectivity index (χ1) is 12.5. The number of aliphatic imine (C=N–C) groups is 1. The van der Waals surface area contributed by atoms with Gasteiger partial charge in [-0.15, -0.1) is 24.0 Å². The maximum Gasteiger partial charge on any atom is 0.204 e. The molecule has 2 aromatic rings. The summed E-state index contributed by atoms with van der Waals surface area (Å²) in [4.78, 5) is 13.4. The van der Waals surface area contributed by atoms with Gasteiger partial charge >= 0.3 is 0 Å². The van der Waals surface area contributed by atoms with Crippen molar-refractivity contribution in [3.63, 3.8) is 0 Å². The Morgan fingerprint density at radius 2 is 2.07 bits per heavy atom. The Bertz CT molecular complexity index is 783. The van der Waals surface area contributed by atoms with Crippen molar-refractivity contribution in [3.05, 3.63) is 47.3 Å². The highest BCUT2D eigenvalue weighted by Crippen LogP contribution is 2.29. The van der Waals surface area contributed by atoms with E-state index >= 15 is 0 Å². The molecule has 2 heterocycles. The summed E-state index contributed by atoms with van der Waals surface area (Å²) in [6.07, 6.45) is 3.10. The molecule has 0 aliphatic carbocycles. The topological polar surface area (TPSA) is 48.7 Å². The summed E-state index contributed by atoms with van der Waals surface area (Å²) in [5.41, 5.74) is 3.99. The molecular weight excluding hydrogens is 451 g/mol. The number of imidazole rings is 1. The predicted molar refractivity (Wildman–Crippen MR) is 123 cm³/mol. The number of nitrogens with zero attached hydrogens (tertiary/aromatic N) is 5. The first-order valence-electron chi connectivity index (χ1n) is 9.20. The molecule has 3 rings (SSSR count). The summed E-state index contributed by atoms with van der Waals surface area (Å²) in [7, 11) is 7.92. The third-order valence-corrected chi connectivity index (χ3v) is 5.22. The van der Waals surface area contributed by atoms with Crippen LogP contribution in [0.5, 0.6) is 0 Å². The Kier molecular flexibility index (Phi) is 7.52. The van der Waals surface area contributed by atoms with E-state index < -0.39 is 0 Å². The molecule has 1 aromatic carbocycles. The molecule has 1 aliphatic heterocycles. The Hall–Kier alpha value is -1.77. The second-order valence-corrected chi connectivity index (χ2v) is 7.19. The van der Waals surface area contributed by atoms with Crippen molar-refractivity contribution in [2.75, 3.05) is 39.1 Å². The van der Waals surface area contributed by atoms with Gasteiger partial charge in [-0.2, -0.15) is 0 Å².